The van der Waals surface area contributed by atoms with Crippen molar-refractivity contribution in [3.63, 3.8) is 0 Å². The third kappa shape index (κ3) is 4.41. The highest BCUT2D eigenvalue weighted by molar-refractivity contribution is 5.72. The summed E-state index contributed by atoms with van der Waals surface area (Å²) in [5, 5.41) is 18.2. The smallest absolute Gasteiger partial charge is 0.494 e. The SMILES string of the molecule is CC(OC(=O)Oc1cc(O)[nH]c1O)OC(=O)C(C)C. The van der Waals surface area contributed by atoms with Crippen LogP contribution in [0.25, 0.3) is 0 Å². The molecule has 1 atom stereocenters. The zero-order valence-corrected chi connectivity index (χ0v) is 10.7. The number of aromatic amines is 1. The molecule has 106 valence electrons. The molecular formula is C11H15NO7. The first-order chi connectivity index (χ1) is 8.79. The van der Waals surface area contributed by atoms with Crippen LogP contribution < -0.4 is 4.74 Å². The Morgan fingerprint density at radius 2 is 1.84 bits per heavy atom. The molecule has 0 radical (unpaired) electrons. The lowest BCUT2D eigenvalue weighted by molar-refractivity contribution is -0.170. The van der Waals surface area contributed by atoms with Gasteiger partial charge in [0.25, 0.3) is 0 Å². The maximum Gasteiger partial charge on any atom is 0.517 e. The van der Waals surface area contributed by atoms with E-state index >= 15 is 0 Å². The number of ether oxygens (including phenoxy) is 3. The van der Waals surface area contributed by atoms with Crippen LogP contribution >= 0.6 is 0 Å². The Morgan fingerprint density at radius 3 is 2.32 bits per heavy atom. The van der Waals surface area contributed by atoms with Gasteiger partial charge in [0.2, 0.25) is 12.2 Å². The summed E-state index contributed by atoms with van der Waals surface area (Å²) in [6, 6.07) is 0.987. The Labute approximate surface area is 108 Å². The number of aromatic nitrogens is 1. The Hall–Kier alpha value is -2.38. The quantitative estimate of drug-likeness (QED) is 0.561. The van der Waals surface area contributed by atoms with E-state index in [1.165, 1.54) is 6.92 Å². The number of hydrogen-bond donors (Lipinski definition) is 3. The second-order valence-electron chi connectivity index (χ2n) is 4.00. The van der Waals surface area contributed by atoms with Gasteiger partial charge in [-0.2, -0.15) is 0 Å². The molecule has 0 aliphatic carbocycles. The maximum atomic E-state index is 11.3. The fourth-order valence-electron chi connectivity index (χ4n) is 1.06. The first-order valence-electron chi connectivity index (χ1n) is 5.49. The molecule has 0 spiro atoms. The van der Waals surface area contributed by atoms with Crippen LogP contribution in [0.3, 0.4) is 0 Å². The molecular weight excluding hydrogens is 258 g/mol. The monoisotopic (exact) mass is 273 g/mol. The van der Waals surface area contributed by atoms with Crippen molar-refractivity contribution in [2.75, 3.05) is 0 Å². The second kappa shape index (κ2) is 5.98. The van der Waals surface area contributed by atoms with Gasteiger partial charge in [-0.1, -0.05) is 13.8 Å². The molecule has 1 rings (SSSR count). The van der Waals surface area contributed by atoms with Gasteiger partial charge in [-0.3, -0.25) is 9.78 Å². The molecule has 0 bridgehead atoms. The van der Waals surface area contributed by atoms with Gasteiger partial charge < -0.3 is 24.4 Å². The molecule has 0 amide bonds. The van der Waals surface area contributed by atoms with Crippen LogP contribution in [-0.4, -0.2) is 33.6 Å². The van der Waals surface area contributed by atoms with Gasteiger partial charge in [-0.05, 0) is 0 Å². The lowest BCUT2D eigenvalue weighted by Crippen LogP contribution is -2.25. The van der Waals surface area contributed by atoms with Crippen LogP contribution in [0, 0.1) is 5.92 Å². The minimum absolute atomic E-state index is 0.301. The van der Waals surface area contributed by atoms with Crippen molar-refractivity contribution in [1.29, 1.82) is 0 Å². The van der Waals surface area contributed by atoms with E-state index in [2.05, 4.69) is 14.5 Å². The van der Waals surface area contributed by atoms with Crippen molar-refractivity contribution in [2.24, 2.45) is 5.92 Å². The summed E-state index contributed by atoms with van der Waals surface area (Å²) < 4.78 is 14.0. The van der Waals surface area contributed by atoms with E-state index in [1.807, 2.05) is 0 Å². The Bertz CT molecular complexity index is 466. The molecule has 1 aromatic heterocycles. The summed E-state index contributed by atoms with van der Waals surface area (Å²) in [4.78, 5) is 24.6. The molecule has 1 heterocycles. The molecule has 0 aliphatic rings. The van der Waals surface area contributed by atoms with E-state index in [1.54, 1.807) is 13.8 Å². The molecule has 19 heavy (non-hydrogen) atoms. The summed E-state index contributed by atoms with van der Waals surface area (Å²) in [6.07, 6.45) is -2.31. The molecule has 8 heteroatoms. The molecule has 0 saturated carbocycles. The minimum Gasteiger partial charge on any atom is -0.494 e. The van der Waals surface area contributed by atoms with Gasteiger partial charge in [0.1, 0.15) is 0 Å². The topological polar surface area (TPSA) is 118 Å². The van der Waals surface area contributed by atoms with E-state index in [0.29, 0.717) is 0 Å². The number of hydrogen-bond acceptors (Lipinski definition) is 7. The van der Waals surface area contributed by atoms with E-state index in [4.69, 9.17) is 9.84 Å². The first kappa shape index (κ1) is 14.7. The zero-order valence-electron chi connectivity index (χ0n) is 10.7. The van der Waals surface area contributed by atoms with Crippen molar-refractivity contribution in [3.05, 3.63) is 6.07 Å². The number of carbonyl (C=O) groups is 2. The highest BCUT2D eigenvalue weighted by Crippen LogP contribution is 2.29. The molecule has 0 aliphatic heterocycles. The molecule has 0 aromatic carbocycles. The van der Waals surface area contributed by atoms with E-state index < -0.39 is 24.3 Å². The lowest BCUT2D eigenvalue weighted by Gasteiger charge is -2.14. The van der Waals surface area contributed by atoms with Crippen LogP contribution in [0.4, 0.5) is 4.79 Å². The van der Waals surface area contributed by atoms with Gasteiger partial charge >= 0.3 is 12.1 Å². The largest absolute Gasteiger partial charge is 0.517 e. The van der Waals surface area contributed by atoms with Gasteiger partial charge in [-0.25, -0.2) is 4.79 Å². The minimum atomic E-state index is -1.18. The molecule has 1 unspecified atom stereocenters. The van der Waals surface area contributed by atoms with Crippen molar-refractivity contribution >= 4 is 12.1 Å². The fourth-order valence-corrected chi connectivity index (χ4v) is 1.06. The predicted molar refractivity (Wildman–Crippen MR) is 61.6 cm³/mol. The lowest BCUT2D eigenvalue weighted by atomic mass is 10.2. The summed E-state index contributed by atoms with van der Waals surface area (Å²) >= 11 is 0. The highest BCUT2D eigenvalue weighted by atomic mass is 16.8. The third-order valence-electron chi connectivity index (χ3n) is 1.96. The Balaban J connectivity index is 2.47. The van der Waals surface area contributed by atoms with Crippen LogP contribution in [0.15, 0.2) is 6.07 Å². The van der Waals surface area contributed by atoms with Gasteiger partial charge in [0, 0.05) is 13.0 Å². The van der Waals surface area contributed by atoms with E-state index in [9.17, 15) is 14.7 Å². The normalized spacial score (nSPS) is 12.0. The zero-order chi connectivity index (χ0) is 14.6. The van der Waals surface area contributed by atoms with Gasteiger partial charge in [-0.15, -0.1) is 0 Å². The first-order valence-corrected chi connectivity index (χ1v) is 5.49. The molecule has 1 aromatic rings. The highest BCUT2D eigenvalue weighted by Gasteiger charge is 2.19. The number of rotatable bonds is 4. The van der Waals surface area contributed by atoms with Gasteiger partial charge in [0.15, 0.2) is 11.6 Å². The summed E-state index contributed by atoms with van der Waals surface area (Å²) in [5.41, 5.74) is 0. The number of carbonyl (C=O) groups excluding carboxylic acids is 2. The van der Waals surface area contributed by atoms with E-state index in [-0.39, 0.29) is 17.5 Å². The fraction of sp³-hybridized carbons (Fsp3) is 0.455. The van der Waals surface area contributed by atoms with Crippen molar-refractivity contribution in [2.45, 2.75) is 27.1 Å². The van der Waals surface area contributed by atoms with Crippen molar-refractivity contribution < 1.29 is 34.0 Å². The average molecular weight is 273 g/mol. The molecule has 8 nitrogen and oxygen atoms in total. The Kier molecular flexibility index (Phi) is 4.62. The molecule has 0 fully saturated rings. The summed E-state index contributed by atoms with van der Waals surface area (Å²) in [6.45, 7) is 4.61. The average Bonchev–Trinajstić information content (AvgIpc) is 2.56. The molecule has 3 N–H and O–H groups in total. The third-order valence-corrected chi connectivity index (χ3v) is 1.96. The van der Waals surface area contributed by atoms with Crippen LogP contribution in [0.5, 0.6) is 17.5 Å². The second-order valence-corrected chi connectivity index (χ2v) is 4.00. The Morgan fingerprint density at radius 1 is 1.21 bits per heavy atom. The number of H-pyrrole nitrogens is 1. The number of aromatic hydroxyl groups is 2. The van der Waals surface area contributed by atoms with Crippen LogP contribution in [0.2, 0.25) is 0 Å². The van der Waals surface area contributed by atoms with Crippen molar-refractivity contribution in [1.82, 2.24) is 4.98 Å². The summed E-state index contributed by atoms with van der Waals surface area (Å²) in [5.74, 6) is -2.08. The summed E-state index contributed by atoms with van der Waals surface area (Å²) in [7, 11) is 0. The van der Waals surface area contributed by atoms with E-state index in [0.717, 1.165) is 6.07 Å². The van der Waals surface area contributed by atoms with Crippen molar-refractivity contribution in [3.8, 4) is 17.5 Å². The molecule has 0 saturated heterocycles. The number of esters is 1. The van der Waals surface area contributed by atoms with Gasteiger partial charge in [0.05, 0.1) is 5.92 Å². The van der Waals surface area contributed by atoms with Crippen LogP contribution in [0.1, 0.15) is 20.8 Å². The standard InChI is InChI=1S/C11H15NO7/c1-5(2)10(15)17-6(3)18-11(16)19-7-4-8(13)12-9(7)14/h4-6,12-14H,1-3H3. The van der Waals surface area contributed by atoms with Crippen LogP contribution in [-0.2, 0) is 14.3 Å². The predicted octanol–water partition coefficient (Wildman–Crippen LogP) is 1.49. The number of nitrogens with one attached hydrogen (secondary N) is 1. The maximum absolute atomic E-state index is 11.3.